The van der Waals surface area contributed by atoms with Crippen molar-refractivity contribution in [1.82, 2.24) is 0 Å². The van der Waals surface area contributed by atoms with Gasteiger partial charge < -0.3 is 9.26 Å². The Kier molecular flexibility index (Phi) is 1.24. The van der Waals surface area contributed by atoms with E-state index in [0.29, 0.717) is 5.75 Å². The van der Waals surface area contributed by atoms with Crippen molar-refractivity contribution in [2.24, 2.45) is 0 Å². The highest BCUT2D eigenvalue weighted by Crippen LogP contribution is 2.65. The van der Waals surface area contributed by atoms with E-state index >= 15 is 0 Å². The fourth-order valence-electron chi connectivity index (χ4n) is 1.43. The number of rotatable bonds is 0. The molecule has 3 atom stereocenters. The quantitative estimate of drug-likeness (QED) is 0.456. The van der Waals surface area contributed by atoms with E-state index in [2.05, 4.69) is 0 Å². The maximum atomic E-state index is 13.0. The average Bonchev–Trinajstić information content (AvgIpc) is 2.84. The van der Waals surface area contributed by atoms with Gasteiger partial charge in [0.15, 0.2) is 5.85 Å². The van der Waals surface area contributed by atoms with E-state index in [1.165, 1.54) is 0 Å². The van der Waals surface area contributed by atoms with Crippen LogP contribution >= 0.6 is 8.46 Å². The zero-order valence-electron chi connectivity index (χ0n) is 6.11. The predicted octanol–water partition coefficient (Wildman–Crippen LogP) is 2.76. The lowest BCUT2D eigenvalue weighted by Crippen LogP contribution is -1.99. The lowest BCUT2D eigenvalue weighted by Gasteiger charge is -2.14. The summed E-state index contributed by atoms with van der Waals surface area (Å²) in [6.45, 7) is 0. The molecule has 0 bridgehead atoms. The van der Waals surface area contributed by atoms with Gasteiger partial charge in [-0.2, -0.15) is 4.20 Å². The third-order valence-electron chi connectivity index (χ3n) is 2.08. The molecule has 1 fully saturated rings. The lowest BCUT2D eigenvalue weighted by molar-refractivity contribution is 0.403. The molecule has 1 aromatic rings. The zero-order chi connectivity index (χ0) is 8.13. The summed E-state index contributed by atoms with van der Waals surface area (Å²) < 4.78 is 23.2. The Hall–Kier alpha value is -0.660. The first-order valence-corrected chi connectivity index (χ1v) is 4.95. The second kappa shape index (κ2) is 2.18. The van der Waals surface area contributed by atoms with E-state index in [9.17, 15) is 4.20 Å². The molecule has 0 aromatic heterocycles. The molecule has 2 nitrogen and oxygen atoms in total. The van der Waals surface area contributed by atoms with E-state index in [4.69, 9.17) is 9.26 Å². The van der Waals surface area contributed by atoms with Gasteiger partial charge in [-0.05, 0) is 6.07 Å². The number of epoxide rings is 1. The largest absolute Gasteiger partial charge is 0.442 e. The first-order chi connectivity index (χ1) is 5.86. The second-order valence-corrected chi connectivity index (χ2v) is 4.08. The minimum Gasteiger partial charge on any atom is -0.442 e. The van der Waals surface area contributed by atoms with Crippen molar-refractivity contribution in [3.8, 4) is 5.75 Å². The standard InChI is InChI=1S/C8H6FO2P/c9-12-8-7(10-8)5-3-1-2-4-6(5)11-12/h1-4,7-8H. The van der Waals surface area contributed by atoms with Crippen LogP contribution < -0.4 is 4.52 Å². The summed E-state index contributed by atoms with van der Waals surface area (Å²) in [4.78, 5) is 0. The summed E-state index contributed by atoms with van der Waals surface area (Å²) in [7, 11) is -1.89. The zero-order valence-corrected chi connectivity index (χ0v) is 7.00. The molecule has 0 saturated carbocycles. The topological polar surface area (TPSA) is 21.8 Å². The Morgan fingerprint density at radius 1 is 1.33 bits per heavy atom. The van der Waals surface area contributed by atoms with E-state index < -0.39 is 8.46 Å². The minimum atomic E-state index is -1.89. The van der Waals surface area contributed by atoms with E-state index in [1.807, 2.05) is 18.2 Å². The average molecular weight is 184 g/mol. The van der Waals surface area contributed by atoms with Crippen LogP contribution in [0.15, 0.2) is 24.3 Å². The molecular weight excluding hydrogens is 178 g/mol. The van der Waals surface area contributed by atoms with Gasteiger partial charge in [0.1, 0.15) is 11.9 Å². The first-order valence-electron chi connectivity index (χ1n) is 3.73. The van der Waals surface area contributed by atoms with Crippen molar-refractivity contribution < 1.29 is 13.5 Å². The molecule has 0 spiro atoms. The number of halogens is 1. The van der Waals surface area contributed by atoms with Gasteiger partial charge in [0.05, 0.1) is 0 Å². The fraction of sp³-hybridized carbons (Fsp3) is 0.250. The fourth-order valence-corrected chi connectivity index (χ4v) is 2.49. The van der Waals surface area contributed by atoms with Gasteiger partial charge in [-0.15, -0.1) is 0 Å². The Balaban J connectivity index is 2.10. The molecule has 1 saturated heterocycles. The maximum absolute atomic E-state index is 13.0. The maximum Gasteiger partial charge on any atom is 0.309 e. The molecule has 0 N–H and O–H groups in total. The molecule has 4 heteroatoms. The van der Waals surface area contributed by atoms with Crippen molar-refractivity contribution in [2.75, 3.05) is 0 Å². The van der Waals surface area contributed by atoms with Crippen LogP contribution in [0.4, 0.5) is 4.20 Å². The summed E-state index contributed by atoms with van der Waals surface area (Å²) >= 11 is 0. The monoisotopic (exact) mass is 184 g/mol. The first kappa shape index (κ1) is 6.81. The summed E-state index contributed by atoms with van der Waals surface area (Å²) in [5, 5.41) is 0. The predicted molar refractivity (Wildman–Crippen MR) is 42.7 cm³/mol. The highest BCUT2D eigenvalue weighted by Gasteiger charge is 2.54. The molecule has 2 heterocycles. The Labute approximate surface area is 70.3 Å². The van der Waals surface area contributed by atoms with Crippen LogP contribution in [-0.4, -0.2) is 5.85 Å². The van der Waals surface area contributed by atoms with Gasteiger partial charge >= 0.3 is 8.46 Å². The highest BCUT2D eigenvalue weighted by atomic mass is 31.2. The molecule has 0 amide bonds. The summed E-state index contributed by atoms with van der Waals surface area (Å²) in [5.41, 5.74) is 0.985. The number of hydrogen-bond donors (Lipinski definition) is 0. The molecule has 2 aliphatic heterocycles. The van der Waals surface area contributed by atoms with Gasteiger partial charge in [0, 0.05) is 5.56 Å². The number of para-hydroxylation sites is 1. The summed E-state index contributed by atoms with van der Waals surface area (Å²) in [5.74, 6) is 0.347. The van der Waals surface area contributed by atoms with Crippen molar-refractivity contribution in [2.45, 2.75) is 11.9 Å². The molecular formula is C8H6FO2P. The van der Waals surface area contributed by atoms with Gasteiger partial charge in [0.25, 0.3) is 0 Å². The number of hydrogen-bond acceptors (Lipinski definition) is 2. The van der Waals surface area contributed by atoms with Crippen LogP contribution in [0.3, 0.4) is 0 Å². The van der Waals surface area contributed by atoms with Crippen molar-refractivity contribution in [3.05, 3.63) is 29.8 Å². The number of fused-ring (bicyclic) bond motifs is 3. The molecule has 0 radical (unpaired) electrons. The van der Waals surface area contributed by atoms with Crippen LogP contribution in [-0.2, 0) is 4.74 Å². The minimum absolute atomic E-state index is 0.0361. The van der Waals surface area contributed by atoms with E-state index in [0.717, 1.165) is 5.56 Å². The SMILES string of the molecule is FP1Oc2ccccc2C2OC21. The third-order valence-corrected chi connectivity index (χ3v) is 3.24. The molecule has 3 rings (SSSR count). The molecule has 3 unspecified atom stereocenters. The second-order valence-electron chi connectivity index (χ2n) is 2.85. The lowest BCUT2D eigenvalue weighted by atomic mass is 10.1. The number of ether oxygens (including phenoxy) is 1. The van der Waals surface area contributed by atoms with Crippen LogP contribution in [0.1, 0.15) is 11.7 Å². The number of benzene rings is 1. The van der Waals surface area contributed by atoms with Gasteiger partial charge in [-0.3, -0.25) is 0 Å². The van der Waals surface area contributed by atoms with Crippen LogP contribution in [0.5, 0.6) is 5.75 Å². The third kappa shape index (κ3) is 0.809. The van der Waals surface area contributed by atoms with Crippen molar-refractivity contribution >= 4 is 8.46 Å². The summed E-state index contributed by atoms with van der Waals surface area (Å²) in [6, 6.07) is 7.45. The molecule has 12 heavy (non-hydrogen) atoms. The van der Waals surface area contributed by atoms with Crippen LogP contribution in [0.2, 0.25) is 0 Å². The molecule has 1 aromatic carbocycles. The normalized spacial score (nSPS) is 36.2. The van der Waals surface area contributed by atoms with Crippen molar-refractivity contribution in [3.63, 3.8) is 0 Å². The van der Waals surface area contributed by atoms with E-state index in [-0.39, 0.29) is 11.9 Å². The Bertz CT molecular complexity index is 331. The molecule has 0 aliphatic carbocycles. The summed E-state index contributed by atoms with van der Waals surface area (Å²) in [6.07, 6.45) is -0.0361. The van der Waals surface area contributed by atoms with Crippen LogP contribution in [0.25, 0.3) is 0 Å². The Morgan fingerprint density at radius 3 is 3.08 bits per heavy atom. The smallest absolute Gasteiger partial charge is 0.309 e. The van der Waals surface area contributed by atoms with E-state index in [1.54, 1.807) is 6.07 Å². The highest BCUT2D eigenvalue weighted by molar-refractivity contribution is 7.48. The van der Waals surface area contributed by atoms with Crippen LogP contribution in [0, 0.1) is 0 Å². The van der Waals surface area contributed by atoms with Gasteiger partial charge in [0.2, 0.25) is 0 Å². The van der Waals surface area contributed by atoms with Crippen molar-refractivity contribution in [1.29, 1.82) is 0 Å². The molecule has 2 aliphatic rings. The molecule has 62 valence electrons. The van der Waals surface area contributed by atoms with Gasteiger partial charge in [-0.1, -0.05) is 18.2 Å². The Morgan fingerprint density at radius 2 is 2.17 bits per heavy atom. The van der Waals surface area contributed by atoms with Gasteiger partial charge in [-0.25, -0.2) is 0 Å².